The number of benzene rings is 1. The highest BCUT2D eigenvalue weighted by atomic mass is 19.1. The second kappa shape index (κ2) is 7.51. The first-order chi connectivity index (χ1) is 6.68. The van der Waals surface area contributed by atoms with Crippen LogP contribution in [0, 0.1) is 5.82 Å². The van der Waals surface area contributed by atoms with E-state index in [-0.39, 0.29) is 11.9 Å². The lowest BCUT2D eigenvalue weighted by Gasteiger charge is -2.06. The van der Waals surface area contributed by atoms with Gasteiger partial charge in [0, 0.05) is 0 Å². The summed E-state index contributed by atoms with van der Waals surface area (Å²) in [6, 6.07) is 6.35. The number of hydrogen-bond donors (Lipinski definition) is 0. The smallest absolute Gasteiger partial charge is 0.123 e. The second-order valence-corrected chi connectivity index (χ2v) is 2.99. The molecule has 0 N–H and O–H groups in total. The zero-order chi connectivity index (χ0) is 11.0. The van der Waals surface area contributed by atoms with Gasteiger partial charge in [0.15, 0.2) is 0 Å². The average molecular weight is 198 g/mol. The molecule has 0 bridgehead atoms. The summed E-state index contributed by atoms with van der Waals surface area (Å²) in [5.41, 5.74) is 1.00. The third kappa shape index (κ3) is 5.70. The van der Waals surface area contributed by atoms with Crippen LogP contribution in [0.4, 0.5) is 4.39 Å². The van der Waals surface area contributed by atoms with Crippen LogP contribution in [-0.4, -0.2) is 6.10 Å². The molecule has 1 aromatic rings. The van der Waals surface area contributed by atoms with Crippen molar-refractivity contribution in [1.29, 1.82) is 0 Å². The van der Waals surface area contributed by atoms with Crippen molar-refractivity contribution < 1.29 is 9.13 Å². The van der Waals surface area contributed by atoms with Gasteiger partial charge < -0.3 is 4.74 Å². The van der Waals surface area contributed by atoms with E-state index in [0.717, 1.165) is 5.56 Å². The molecule has 0 aliphatic heterocycles. The van der Waals surface area contributed by atoms with Crippen molar-refractivity contribution in [2.75, 3.05) is 0 Å². The molecular weight excluding hydrogens is 179 g/mol. The van der Waals surface area contributed by atoms with Crippen molar-refractivity contribution >= 4 is 0 Å². The maximum absolute atomic E-state index is 12.4. The molecule has 1 nitrogen and oxygen atoms in total. The van der Waals surface area contributed by atoms with E-state index < -0.39 is 0 Å². The molecule has 0 heterocycles. The predicted molar refractivity (Wildman–Crippen MR) is 57.7 cm³/mol. The van der Waals surface area contributed by atoms with Crippen LogP contribution in [0.5, 0.6) is 0 Å². The Balaban J connectivity index is 0.000000791. The standard InChI is InChI=1S/C10H13FO.C2H6/c1-8(2)12-7-9-3-5-10(11)6-4-9;1-2/h3-6,8H,7H2,1-2H3;1-2H3. The first kappa shape index (κ1) is 13.1. The van der Waals surface area contributed by atoms with Crippen LogP contribution >= 0.6 is 0 Å². The number of hydrogen-bond acceptors (Lipinski definition) is 1. The molecule has 0 amide bonds. The van der Waals surface area contributed by atoms with Crippen LogP contribution in [0.15, 0.2) is 24.3 Å². The Morgan fingerprint density at radius 3 is 2.07 bits per heavy atom. The van der Waals surface area contributed by atoms with Crippen molar-refractivity contribution in [2.45, 2.75) is 40.4 Å². The lowest BCUT2D eigenvalue weighted by atomic mass is 10.2. The van der Waals surface area contributed by atoms with Crippen molar-refractivity contribution in [3.63, 3.8) is 0 Å². The summed E-state index contributed by atoms with van der Waals surface area (Å²) in [7, 11) is 0. The quantitative estimate of drug-likeness (QED) is 0.718. The van der Waals surface area contributed by atoms with Crippen molar-refractivity contribution in [3.8, 4) is 0 Å². The zero-order valence-electron chi connectivity index (χ0n) is 9.38. The van der Waals surface area contributed by atoms with Gasteiger partial charge in [-0.05, 0) is 31.5 Å². The minimum atomic E-state index is -0.205. The Hall–Kier alpha value is -0.890. The van der Waals surface area contributed by atoms with Crippen LogP contribution < -0.4 is 0 Å². The van der Waals surface area contributed by atoms with Crippen LogP contribution in [0.2, 0.25) is 0 Å². The van der Waals surface area contributed by atoms with Crippen LogP contribution in [0.3, 0.4) is 0 Å². The summed E-state index contributed by atoms with van der Waals surface area (Å²) in [6.45, 7) is 8.50. The van der Waals surface area contributed by atoms with E-state index in [2.05, 4.69) is 0 Å². The molecule has 0 unspecified atom stereocenters. The SMILES string of the molecule is CC.CC(C)OCc1ccc(F)cc1. The fourth-order valence-corrected chi connectivity index (χ4v) is 0.844. The molecule has 0 aromatic heterocycles. The Bertz CT molecular complexity index is 229. The highest BCUT2D eigenvalue weighted by Gasteiger charge is 1.95. The third-order valence-electron chi connectivity index (χ3n) is 1.50. The molecule has 0 fully saturated rings. The third-order valence-corrected chi connectivity index (χ3v) is 1.50. The predicted octanol–water partition coefficient (Wildman–Crippen LogP) is 3.78. The molecule has 0 atom stereocenters. The van der Waals surface area contributed by atoms with E-state index >= 15 is 0 Å². The van der Waals surface area contributed by atoms with Crippen molar-refractivity contribution in [1.82, 2.24) is 0 Å². The summed E-state index contributed by atoms with van der Waals surface area (Å²) in [5, 5.41) is 0. The van der Waals surface area contributed by atoms with E-state index in [1.54, 1.807) is 12.1 Å². The van der Waals surface area contributed by atoms with E-state index in [9.17, 15) is 4.39 Å². The summed E-state index contributed by atoms with van der Waals surface area (Å²) in [4.78, 5) is 0. The largest absolute Gasteiger partial charge is 0.374 e. The lowest BCUT2D eigenvalue weighted by Crippen LogP contribution is -2.01. The molecule has 0 spiro atoms. The van der Waals surface area contributed by atoms with Crippen LogP contribution in [-0.2, 0) is 11.3 Å². The van der Waals surface area contributed by atoms with E-state index in [0.29, 0.717) is 6.61 Å². The van der Waals surface area contributed by atoms with Gasteiger partial charge in [0.1, 0.15) is 5.82 Å². The summed E-state index contributed by atoms with van der Waals surface area (Å²) >= 11 is 0. The molecule has 1 rings (SSSR count). The van der Waals surface area contributed by atoms with Crippen molar-refractivity contribution in [2.24, 2.45) is 0 Å². The highest BCUT2D eigenvalue weighted by Crippen LogP contribution is 2.05. The highest BCUT2D eigenvalue weighted by molar-refractivity contribution is 5.14. The van der Waals surface area contributed by atoms with Gasteiger partial charge in [-0.2, -0.15) is 0 Å². The van der Waals surface area contributed by atoms with Gasteiger partial charge in [0.2, 0.25) is 0 Å². The van der Waals surface area contributed by atoms with E-state index in [4.69, 9.17) is 4.74 Å². The first-order valence-electron chi connectivity index (χ1n) is 5.04. The van der Waals surface area contributed by atoms with Gasteiger partial charge in [0.05, 0.1) is 12.7 Å². The molecule has 0 radical (unpaired) electrons. The van der Waals surface area contributed by atoms with Crippen molar-refractivity contribution in [3.05, 3.63) is 35.6 Å². The Morgan fingerprint density at radius 2 is 1.64 bits per heavy atom. The van der Waals surface area contributed by atoms with Gasteiger partial charge in [-0.3, -0.25) is 0 Å². The normalized spacial score (nSPS) is 9.57. The average Bonchev–Trinajstić information content (AvgIpc) is 2.20. The molecule has 0 saturated heterocycles. The summed E-state index contributed by atoms with van der Waals surface area (Å²) < 4.78 is 17.8. The maximum atomic E-state index is 12.4. The molecule has 1 aromatic carbocycles. The van der Waals surface area contributed by atoms with Gasteiger partial charge in [-0.1, -0.05) is 26.0 Å². The summed E-state index contributed by atoms with van der Waals surface area (Å²) in [5.74, 6) is -0.205. The fraction of sp³-hybridized carbons (Fsp3) is 0.500. The molecule has 14 heavy (non-hydrogen) atoms. The maximum Gasteiger partial charge on any atom is 0.123 e. The monoisotopic (exact) mass is 198 g/mol. The summed E-state index contributed by atoms with van der Waals surface area (Å²) in [6.07, 6.45) is 0.218. The van der Waals surface area contributed by atoms with E-state index in [1.165, 1.54) is 12.1 Å². The fourth-order valence-electron chi connectivity index (χ4n) is 0.844. The lowest BCUT2D eigenvalue weighted by molar-refractivity contribution is 0.0657. The molecule has 2 heteroatoms. The molecular formula is C12H19FO. The Labute approximate surface area is 85.9 Å². The molecule has 0 saturated carbocycles. The minimum Gasteiger partial charge on any atom is -0.374 e. The van der Waals surface area contributed by atoms with Gasteiger partial charge in [0.25, 0.3) is 0 Å². The van der Waals surface area contributed by atoms with Gasteiger partial charge >= 0.3 is 0 Å². The Kier molecular flexibility index (Phi) is 7.03. The zero-order valence-corrected chi connectivity index (χ0v) is 9.38. The molecule has 0 aliphatic rings. The van der Waals surface area contributed by atoms with Gasteiger partial charge in [-0.25, -0.2) is 4.39 Å². The minimum absolute atomic E-state index is 0.205. The number of ether oxygens (including phenoxy) is 1. The molecule has 80 valence electrons. The van der Waals surface area contributed by atoms with Crippen LogP contribution in [0.25, 0.3) is 0 Å². The van der Waals surface area contributed by atoms with Gasteiger partial charge in [-0.15, -0.1) is 0 Å². The van der Waals surface area contributed by atoms with Crippen LogP contribution in [0.1, 0.15) is 33.3 Å². The van der Waals surface area contributed by atoms with E-state index in [1.807, 2.05) is 27.7 Å². The number of rotatable bonds is 3. The Morgan fingerprint density at radius 1 is 1.14 bits per heavy atom. The second-order valence-electron chi connectivity index (χ2n) is 2.99. The number of halogens is 1. The topological polar surface area (TPSA) is 9.23 Å². The first-order valence-corrected chi connectivity index (χ1v) is 5.04. The molecule has 0 aliphatic carbocycles.